The van der Waals surface area contributed by atoms with E-state index in [0.29, 0.717) is 43.1 Å². The summed E-state index contributed by atoms with van der Waals surface area (Å²) < 4.78 is 12.3. The van der Waals surface area contributed by atoms with Crippen molar-refractivity contribution in [2.75, 3.05) is 27.3 Å². The summed E-state index contributed by atoms with van der Waals surface area (Å²) in [6.07, 6.45) is 2.70. The fourth-order valence-electron chi connectivity index (χ4n) is 8.01. The lowest BCUT2D eigenvalue weighted by Crippen LogP contribution is -2.57. The minimum absolute atomic E-state index is 0.0543. The summed E-state index contributed by atoms with van der Waals surface area (Å²) in [6, 6.07) is 19.9. The van der Waals surface area contributed by atoms with Crippen molar-refractivity contribution < 1.29 is 38.2 Å². The largest absolute Gasteiger partial charge is 0.493 e. The third-order valence-electron chi connectivity index (χ3n) is 11.3. The van der Waals surface area contributed by atoms with Gasteiger partial charge in [-0.1, -0.05) is 59.8 Å². The molecule has 58 heavy (non-hydrogen) atoms. The number of nitrogens with one attached hydrogen (secondary N) is 3. The second-order valence-corrected chi connectivity index (χ2v) is 15.0. The van der Waals surface area contributed by atoms with Crippen molar-refractivity contribution in [2.45, 2.75) is 70.4 Å². The van der Waals surface area contributed by atoms with Gasteiger partial charge in [0.05, 0.1) is 33.5 Å². The van der Waals surface area contributed by atoms with E-state index in [-0.39, 0.29) is 38.3 Å². The first kappa shape index (κ1) is 39.6. The van der Waals surface area contributed by atoms with Gasteiger partial charge >= 0.3 is 0 Å². The lowest BCUT2D eigenvalue weighted by Gasteiger charge is -2.33. The van der Waals surface area contributed by atoms with E-state index in [1.54, 1.807) is 34.7 Å². The summed E-state index contributed by atoms with van der Waals surface area (Å²) in [7, 11) is 3.01. The molecular formula is C42H46N8O8. The molecule has 16 heteroatoms. The molecule has 2 saturated heterocycles. The van der Waals surface area contributed by atoms with E-state index in [4.69, 9.17) is 9.47 Å². The molecule has 3 aromatic carbocycles. The number of Topliss-reactive ketones (excluding diaryl/α,β-unsaturated/α-hetero) is 1. The Labute approximate surface area is 335 Å². The Bertz CT molecular complexity index is 2240. The van der Waals surface area contributed by atoms with Crippen LogP contribution in [-0.4, -0.2) is 99.0 Å². The Kier molecular flexibility index (Phi) is 11.5. The normalized spacial score (nSPS) is 19.7. The van der Waals surface area contributed by atoms with Gasteiger partial charge in [0.15, 0.2) is 11.5 Å². The number of rotatable bonds is 14. The topological polar surface area (TPSA) is 194 Å². The SMILES string of the molecule is COc1ccc(CNC(=O)C(=O)[C@]2(C)CCCN2C(=O)CNC(=O)C2C[C@@H](CC(=O)N3Cc4cccc(Cn5cc(-c6ccccc6)nn5)c4C3)C(=O)N2)cc1OC. The Hall–Kier alpha value is -6.58. The van der Waals surface area contributed by atoms with E-state index < -0.39 is 53.5 Å². The molecule has 302 valence electrons. The van der Waals surface area contributed by atoms with Crippen LogP contribution >= 0.6 is 0 Å². The maximum atomic E-state index is 13.5. The minimum Gasteiger partial charge on any atom is -0.493 e. The monoisotopic (exact) mass is 790 g/mol. The van der Waals surface area contributed by atoms with Crippen molar-refractivity contribution in [2.24, 2.45) is 5.92 Å². The molecule has 0 aliphatic carbocycles. The molecule has 5 amide bonds. The van der Waals surface area contributed by atoms with Crippen LogP contribution in [0.1, 0.15) is 54.9 Å². The first-order chi connectivity index (χ1) is 28.0. The Balaban J connectivity index is 0.883. The van der Waals surface area contributed by atoms with Crippen LogP contribution < -0.4 is 25.4 Å². The van der Waals surface area contributed by atoms with Crippen LogP contribution in [0.2, 0.25) is 0 Å². The van der Waals surface area contributed by atoms with E-state index in [9.17, 15) is 28.8 Å². The van der Waals surface area contributed by atoms with Gasteiger partial charge < -0.3 is 35.2 Å². The van der Waals surface area contributed by atoms with Crippen molar-refractivity contribution in [3.63, 3.8) is 0 Å². The van der Waals surface area contributed by atoms with Gasteiger partial charge in [0.25, 0.3) is 5.91 Å². The molecule has 0 radical (unpaired) electrons. The number of likely N-dealkylation sites (tertiary alicyclic amines) is 1. The molecule has 3 atom stereocenters. The summed E-state index contributed by atoms with van der Waals surface area (Å²) in [5.41, 5.74) is 4.12. The molecule has 0 saturated carbocycles. The zero-order valence-electron chi connectivity index (χ0n) is 32.7. The minimum atomic E-state index is -1.39. The van der Waals surface area contributed by atoms with Crippen LogP contribution in [0.15, 0.2) is 72.9 Å². The number of hydrogen-bond acceptors (Lipinski definition) is 10. The molecule has 2 fully saturated rings. The Morgan fingerprint density at radius 3 is 2.50 bits per heavy atom. The summed E-state index contributed by atoms with van der Waals surface area (Å²) in [4.78, 5) is 82.5. The number of carbonyl (C=O) groups is 6. The van der Waals surface area contributed by atoms with Gasteiger partial charge in [-0.25, -0.2) is 4.68 Å². The van der Waals surface area contributed by atoms with Crippen molar-refractivity contribution in [1.29, 1.82) is 0 Å². The van der Waals surface area contributed by atoms with E-state index in [0.717, 1.165) is 27.9 Å². The molecule has 4 heterocycles. The third-order valence-corrected chi connectivity index (χ3v) is 11.3. The van der Waals surface area contributed by atoms with Crippen molar-refractivity contribution >= 4 is 35.3 Å². The molecule has 1 aromatic heterocycles. The predicted molar refractivity (Wildman–Crippen MR) is 209 cm³/mol. The molecule has 7 rings (SSSR count). The van der Waals surface area contributed by atoms with E-state index >= 15 is 0 Å². The highest BCUT2D eigenvalue weighted by Crippen LogP contribution is 2.32. The van der Waals surface area contributed by atoms with Gasteiger partial charge in [-0.2, -0.15) is 0 Å². The van der Waals surface area contributed by atoms with Crippen LogP contribution in [0, 0.1) is 5.92 Å². The van der Waals surface area contributed by atoms with E-state index in [2.05, 4.69) is 26.3 Å². The lowest BCUT2D eigenvalue weighted by molar-refractivity contribution is -0.149. The van der Waals surface area contributed by atoms with Gasteiger partial charge in [0.1, 0.15) is 17.3 Å². The predicted octanol–water partition coefficient (Wildman–Crippen LogP) is 2.13. The summed E-state index contributed by atoms with van der Waals surface area (Å²) in [5, 5.41) is 16.5. The summed E-state index contributed by atoms with van der Waals surface area (Å²) >= 11 is 0. The van der Waals surface area contributed by atoms with Crippen LogP contribution in [0.4, 0.5) is 0 Å². The lowest BCUT2D eigenvalue weighted by atomic mass is 9.92. The van der Waals surface area contributed by atoms with E-state index in [1.807, 2.05) is 54.7 Å². The number of benzene rings is 3. The zero-order valence-corrected chi connectivity index (χ0v) is 32.7. The molecule has 1 unspecified atom stereocenters. The first-order valence-electron chi connectivity index (χ1n) is 19.2. The number of ketones is 1. The summed E-state index contributed by atoms with van der Waals surface area (Å²) in [5.74, 6) is -3.01. The number of amides is 5. The van der Waals surface area contributed by atoms with Crippen molar-refractivity contribution in [1.82, 2.24) is 40.7 Å². The number of methoxy groups -OCH3 is 2. The van der Waals surface area contributed by atoms with Crippen molar-refractivity contribution in [3.05, 3.63) is 95.2 Å². The molecule has 3 N–H and O–H groups in total. The van der Waals surface area contributed by atoms with Crippen LogP contribution in [0.5, 0.6) is 11.5 Å². The standard InChI is InChI=1S/C42H46N8O8/c1-42(38(53)41(56)43-20-26-13-14-34(57-2)35(17-26)58-3)15-8-16-50(42)37(52)21-44-40(55)32-18-30(39(54)45-32)19-36(51)48-22-28-11-7-12-29(31(28)24-48)23-49-25-33(46-47-49)27-9-5-4-6-10-27/h4-7,9-14,17,25,30,32H,8,15-16,18-24H2,1-3H3,(H,43,56)(H,44,55)(H,45,54)/t30-,32?,42-/m0/s1. The molecule has 0 bridgehead atoms. The van der Waals surface area contributed by atoms with Gasteiger partial charge in [0, 0.05) is 44.1 Å². The fourth-order valence-corrected chi connectivity index (χ4v) is 8.01. The number of aromatic nitrogens is 3. The highest BCUT2D eigenvalue weighted by Gasteiger charge is 2.48. The average molecular weight is 791 g/mol. The number of fused-ring (bicyclic) bond motifs is 1. The van der Waals surface area contributed by atoms with Crippen molar-refractivity contribution in [3.8, 4) is 22.8 Å². The highest BCUT2D eigenvalue weighted by atomic mass is 16.5. The van der Waals surface area contributed by atoms with E-state index in [1.165, 1.54) is 19.1 Å². The van der Waals surface area contributed by atoms with Crippen LogP contribution in [0.25, 0.3) is 11.3 Å². The zero-order chi connectivity index (χ0) is 41.0. The number of ether oxygens (including phenoxy) is 2. The summed E-state index contributed by atoms with van der Waals surface area (Å²) in [6.45, 7) is 2.70. The smallest absolute Gasteiger partial charge is 0.290 e. The number of carbonyl (C=O) groups excluding carboxylic acids is 6. The maximum Gasteiger partial charge on any atom is 0.290 e. The van der Waals surface area contributed by atoms with Gasteiger partial charge in [-0.3, -0.25) is 28.8 Å². The van der Waals surface area contributed by atoms with Gasteiger partial charge in [0.2, 0.25) is 29.4 Å². The highest BCUT2D eigenvalue weighted by molar-refractivity contribution is 6.39. The molecule has 3 aliphatic heterocycles. The first-order valence-corrected chi connectivity index (χ1v) is 19.2. The fraction of sp³-hybridized carbons (Fsp3) is 0.381. The molecular weight excluding hydrogens is 745 g/mol. The third kappa shape index (κ3) is 8.26. The number of hydrogen-bond donors (Lipinski definition) is 3. The second-order valence-electron chi connectivity index (χ2n) is 15.0. The van der Waals surface area contributed by atoms with Crippen LogP contribution in [-0.2, 0) is 54.9 Å². The number of nitrogens with zero attached hydrogens (tertiary/aromatic N) is 5. The van der Waals surface area contributed by atoms with Gasteiger partial charge in [-0.15, -0.1) is 5.10 Å². The second kappa shape index (κ2) is 16.9. The van der Waals surface area contributed by atoms with Crippen LogP contribution in [0.3, 0.4) is 0 Å². The average Bonchev–Trinajstić information content (AvgIpc) is 4.06. The molecule has 0 spiro atoms. The molecule has 3 aliphatic rings. The molecule has 4 aromatic rings. The van der Waals surface area contributed by atoms with Gasteiger partial charge in [-0.05, 0) is 60.6 Å². The quantitative estimate of drug-likeness (QED) is 0.159. The maximum absolute atomic E-state index is 13.5. The Morgan fingerprint density at radius 2 is 1.72 bits per heavy atom. The molecule has 16 nitrogen and oxygen atoms in total. The Morgan fingerprint density at radius 1 is 0.931 bits per heavy atom.